The molecule has 130 valence electrons. The molecule has 0 unspecified atom stereocenters. The van der Waals surface area contributed by atoms with Gasteiger partial charge in [-0.1, -0.05) is 12.1 Å². The summed E-state index contributed by atoms with van der Waals surface area (Å²) in [5, 5.41) is 3.45. The Morgan fingerprint density at radius 2 is 2.08 bits per heavy atom. The summed E-state index contributed by atoms with van der Waals surface area (Å²) in [6.07, 6.45) is 0. The maximum absolute atomic E-state index is 10.9. The first-order chi connectivity index (χ1) is 11.7. The van der Waals surface area contributed by atoms with Gasteiger partial charge in [0, 0.05) is 26.6 Å². The lowest BCUT2D eigenvalue weighted by Gasteiger charge is -2.31. The van der Waals surface area contributed by atoms with Crippen LogP contribution in [0.2, 0.25) is 0 Å². The third-order valence-electron chi connectivity index (χ3n) is 4.10. The van der Waals surface area contributed by atoms with Crippen molar-refractivity contribution in [3.05, 3.63) is 24.3 Å². The molecule has 1 N–H and O–H groups in total. The van der Waals surface area contributed by atoms with E-state index in [0.717, 1.165) is 56.7 Å². The summed E-state index contributed by atoms with van der Waals surface area (Å²) >= 11 is 0. The maximum Gasteiger partial charge on any atom is 0.302 e. The highest BCUT2D eigenvalue weighted by Gasteiger charge is 2.20. The van der Waals surface area contributed by atoms with E-state index >= 15 is 0 Å². The number of morpholine rings is 1. The number of anilines is 2. The number of nitrogens with one attached hydrogen (secondary N) is 1. The summed E-state index contributed by atoms with van der Waals surface area (Å²) < 4.78 is 10.5. The van der Waals surface area contributed by atoms with Crippen molar-refractivity contribution >= 4 is 23.3 Å². The molecule has 0 amide bonds. The van der Waals surface area contributed by atoms with Gasteiger partial charge in [-0.2, -0.15) is 0 Å². The molecule has 7 nitrogen and oxygen atoms in total. The molecule has 0 atom stereocenters. The van der Waals surface area contributed by atoms with Gasteiger partial charge in [-0.25, -0.2) is 0 Å². The molecule has 0 aliphatic carbocycles. The Bertz CT molecular complexity index is 599. The standard InChI is InChI=1S/C17H24N4O3/c1-14(22)24-13-10-21-7-6-18-17(21)19-15-4-2-3-5-16(15)20-8-11-23-12-9-20/h2-5H,6-13H2,1H3,(H,18,19). The first kappa shape index (κ1) is 16.6. The normalized spacial score (nSPS) is 17.6. The average molecular weight is 332 g/mol. The molecule has 2 aliphatic heterocycles. The van der Waals surface area contributed by atoms with E-state index in [4.69, 9.17) is 9.47 Å². The Balaban J connectivity index is 1.65. The maximum atomic E-state index is 10.9. The number of hydrogen-bond donors (Lipinski definition) is 1. The lowest BCUT2D eigenvalue weighted by molar-refractivity contribution is -0.141. The Kier molecular flexibility index (Phi) is 5.53. The number of hydrogen-bond acceptors (Lipinski definition) is 7. The van der Waals surface area contributed by atoms with Crippen LogP contribution in [0, 0.1) is 0 Å². The highest BCUT2D eigenvalue weighted by Crippen LogP contribution is 2.27. The second-order valence-corrected chi connectivity index (χ2v) is 5.77. The molecular weight excluding hydrogens is 308 g/mol. The number of para-hydroxylation sites is 2. The van der Waals surface area contributed by atoms with Crippen LogP contribution in [-0.2, 0) is 14.3 Å². The topological polar surface area (TPSA) is 66.4 Å². The summed E-state index contributed by atoms with van der Waals surface area (Å²) in [6.45, 7) is 7.32. The van der Waals surface area contributed by atoms with Crippen molar-refractivity contribution in [3.63, 3.8) is 0 Å². The first-order valence-corrected chi connectivity index (χ1v) is 8.35. The SMILES string of the molecule is CC(=O)OCCN1CCN=C1Nc1ccccc1N1CCOCC1. The van der Waals surface area contributed by atoms with Crippen LogP contribution in [0.4, 0.5) is 11.4 Å². The van der Waals surface area contributed by atoms with Crippen LogP contribution in [0.1, 0.15) is 6.92 Å². The fraction of sp³-hybridized carbons (Fsp3) is 0.529. The van der Waals surface area contributed by atoms with Crippen LogP contribution in [0.25, 0.3) is 0 Å². The summed E-state index contributed by atoms with van der Waals surface area (Å²) in [5.74, 6) is 0.584. The minimum Gasteiger partial charge on any atom is -0.464 e. The van der Waals surface area contributed by atoms with Gasteiger partial charge in [-0.3, -0.25) is 9.79 Å². The highest BCUT2D eigenvalue weighted by atomic mass is 16.5. The summed E-state index contributed by atoms with van der Waals surface area (Å²) in [6, 6.07) is 8.25. The minimum atomic E-state index is -0.252. The zero-order valence-corrected chi connectivity index (χ0v) is 14.0. The zero-order chi connectivity index (χ0) is 16.8. The Morgan fingerprint density at radius 3 is 2.88 bits per heavy atom. The Morgan fingerprint density at radius 1 is 1.29 bits per heavy atom. The minimum absolute atomic E-state index is 0.252. The summed E-state index contributed by atoms with van der Waals surface area (Å²) in [7, 11) is 0. The van der Waals surface area contributed by atoms with Gasteiger partial charge in [0.1, 0.15) is 6.61 Å². The quantitative estimate of drug-likeness (QED) is 0.817. The third kappa shape index (κ3) is 4.17. The van der Waals surface area contributed by atoms with E-state index in [0.29, 0.717) is 13.2 Å². The fourth-order valence-electron chi connectivity index (χ4n) is 2.90. The van der Waals surface area contributed by atoms with E-state index in [2.05, 4.69) is 32.2 Å². The van der Waals surface area contributed by atoms with Crippen molar-refractivity contribution in [1.29, 1.82) is 0 Å². The molecule has 0 bridgehead atoms. The van der Waals surface area contributed by atoms with Gasteiger partial charge >= 0.3 is 5.97 Å². The molecule has 2 aliphatic rings. The Hall–Kier alpha value is -2.28. The van der Waals surface area contributed by atoms with Crippen molar-refractivity contribution in [1.82, 2.24) is 4.90 Å². The van der Waals surface area contributed by atoms with Crippen molar-refractivity contribution in [3.8, 4) is 0 Å². The molecule has 2 heterocycles. The van der Waals surface area contributed by atoms with Crippen LogP contribution < -0.4 is 10.2 Å². The highest BCUT2D eigenvalue weighted by molar-refractivity contribution is 5.97. The molecule has 0 spiro atoms. The molecule has 0 radical (unpaired) electrons. The Labute approximate surface area is 142 Å². The molecule has 24 heavy (non-hydrogen) atoms. The molecule has 3 rings (SSSR count). The van der Waals surface area contributed by atoms with Gasteiger partial charge in [-0.05, 0) is 12.1 Å². The van der Waals surface area contributed by atoms with Crippen LogP contribution in [-0.4, -0.2) is 69.4 Å². The lowest BCUT2D eigenvalue weighted by Crippen LogP contribution is -2.38. The van der Waals surface area contributed by atoms with Gasteiger partial charge in [-0.15, -0.1) is 0 Å². The van der Waals surface area contributed by atoms with Crippen molar-refractivity contribution in [2.45, 2.75) is 6.92 Å². The summed E-state index contributed by atoms with van der Waals surface area (Å²) in [4.78, 5) is 19.9. The van der Waals surface area contributed by atoms with Crippen molar-refractivity contribution < 1.29 is 14.3 Å². The van der Waals surface area contributed by atoms with Gasteiger partial charge < -0.3 is 24.6 Å². The van der Waals surface area contributed by atoms with Gasteiger partial charge in [0.2, 0.25) is 0 Å². The number of carbonyl (C=O) groups is 1. The first-order valence-electron chi connectivity index (χ1n) is 8.35. The predicted molar refractivity (Wildman–Crippen MR) is 93.6 cm³/mol. The van der Waals surface area contributed by atoms with E-state index in [-0.39, 0.29) is 5.97 Å². The predicted octanol–water partition coefficient (Wildman–Crippen LogP) is 1.17. The number of ether oxygens (including phenoxy) is 2. The average Bonchev–Trinajstić information content (AvgIpc) is 3.03. The number of rotatable bonds is 5. The van der Waals surface area contributed by atoms with E-state index in [1.807, 2.05) is 12.1 Å². The fourth-order valence-corrected chi connectivity index (χ4v) is 2.90. The molecule has 1 aromatic rings. The van der Waals surface area contributed by atoms with E-state index < -0.39 is 0 Å². The number of benzene rings is 1. The third-order valence-corrected chi connectivity index (χ3v) is 4.10. The monoisotopic (exact) mass is 332 g/mol. The number of guanidine groups is 1. The second kappa shape index (κ2) is 8.01. The molecule has 0 aromatic heterocycles. The van der Waals surface area contributed by atoms with Crippen molar-refractivity contribution in [2.75, 3.05) is 62.8 Å². The number of esters is 1. The van der Waals surface area contributed by atoms with E-state index in [1.165, 1.54) is 6.92 Å². The number of nitrogens with zero attached hydrogens (tertiary/aromatic N) is 3. The van der Waals surface area contributed by atoms with Crippen LogP contribution in [0.5, 0.6) is 0 Å². The zero-order valence-electron chi connectivity index (χ0n) is 14.0. The molecule has 1 saturated heterocycles. The lowest BCUT2D eigenvalue weighted by atomic mass is 10.2. The molecular formula is C17H24N4O3. The molecule has 7 heteroatoms. The number of carbonyl (C=O) groups excluding carboxylic acids is 1. The van der Waals surface area contributed by atoms with E-state index in [9.17, 15) is 4.79 Å². The van der Waals surface area contributed by atoms with E-state index in [1.54, 1.807) is 0 Å². The van der Waals surface area contributed by atoms with Crippen LogP contribution >= 0.6 is 0 Å². The van der Waals surface area contributed by atoms with Crippen LogP contribution in [0.3, 0.4) is 0 Å². The molecule has 1 aromatic carbocycles. The smallest absolute Gasteiger partial charge is 0.302 e. The van der Waals surface area contributed by atoms with Gasteiger partial charge in [0.25, 0.3) is 0 Å². The largest absolute Gasteiger partial charge is 0.464 e. The van der Waals surface area contributed by atoms with Crippen molar-refractivity contribution in [2.24, 2.45) is 4.99 Å². The molecule has 1 fully saturated rings. The summed E-state index contributed by atoms with van der Waals surface area (Å²) in [5.41, 5.74) is 2.20. The number of aliphatic imine (C=N–C) groups is 1. The molecule has 0 saturated carbocycles. The van der Waals surface area contributed by atoms with Crippen LogP contribution in [0.15, 0.2) is 29.3 Å². The second-order valence-electron chi connectivity index (χ2n) is 5.77. The van der Waals surface area contributed by atoms with Gasteiger partial charge in [0.05, 0.1) is 37.7 Å². The van der Waals surface area contributed by atoms with Gasteiger partial charge in [0.15, 0.2) is 5.96 Å².